The topological polar surface area (TPSA) is 63.0 Å². The van der Waals surface area contributed by atoms with Crippen molar-refractivity contribution in [3.05, 3.63) is 11.7 Å². The minimum Gasteiger partial charge on any atom is -0.340 e. The molecule has 1 unspecified atom stereocenters. The van der Waals surface area contributed by atoms with E-state index in [0.29, 0.717) is 18.5 Å². The van der Waals surface area contributed by atoms with Gasteiger partial charge < -0.3 is 15.2 Å². The van der Waals surface area contributed by atoms with Gasteiger partial charge in [0.1, 0.15) is 0 Å². The summed E-state index contributed by atoms with van der Waals surface area (Å²) in [6, 6.07) is 0.603. The predicted octanol–water partition coefficient (Wildman–Crippen LogP) is 0.610. The molecule has 2 N–H and O–H groups in total. The van der Waals surface area contributed by atoms with Crippen molar-refractivity contribution in [3.8, 4) is 0 Å². The van der Waals surface area contributed by atoms with E-state index in [1.807, 2.05) is 0 Å². The lowest BCUT2D eigenvalue weighted by molar-refractivity contribution is 0.371. The van der Waals surface area contributed by atoms with E-state index in [9.17, 15) is 0 Å². The van der Waals surface area contributed by atoms with Gasteiger partial charge in [0.2, 0.25) is 5.89 Å². The van der Waals surface area contributed by atoms with Crippen LogP contribution in [0.3, 0.4) is 0 Å². The highest BCUT2D eigenvalue weighted by Crippen LogP contribution is 2.05. The Morgan fingerprint density at radius 1 is 1.53 bits per heavy atom. The van der Waals surface area contributed by atoms with E-state index in [2.05, 4.69) is 20.8 Å². The second-order valence-corrected chi connectivity index (χ2v) is 4.01. The van der Waals surface area contributed by atoms with E-state index in [4.69, 9.17) is 4.52 Å². The zero-order valence-electron chi connectivity index (χ0n) is 9.12. The van der Waals surface area contributed by atoms with Gasteiger partial charge in [-0.2, -0.15) is 4.98 Å². The van der Waals surface area contributed by atoms with Gasteiger partial charge in [0.05, 0.1) is 6.54 Å². The monoisotopic (exact) mass is 210 g/mol. The van der Waals surface area contributed by atoms with Gasteiger partial charge in [-0.1, -0.05) is 11.6 Å². The molecule has 0 saturated carbocycles. The van der Waals surface area contributed by atoms with Gasteiger partial charge in [-0.05, 0) is 19.4 Å². The summed E-state index contributed by atoms with van der Waals surface area (Å²) < 4.78 is 4.89. The van der Waals surface area contributed by atoms with Crippen molar-refractivity contribution in [1.29, 1.82) is 0 Å². The molecule has 0 amide bonds. The summed E-state index contributed by atoms with van der Waals surface area (Å²) in [4.78, 5) is 4.13. The van der Waals surface area contributed by atoms with Gasteiger partial charge in [-0.25, -0.2) is 0 Å². The zero-order valence-corrected chi connectivity index (χ0v) is 9.12. The quantitative estimate of drug-likeness (QED) is 0.762. The number of piperidine rings is 1. The van der Waals surface area contributed by atoms with Crippen molar-refractivity contribution in [2.45, 2.75) is 38.8 Å². The van der Waals surface area contributed by atoms with Crippen LogP contribution >= 0.6 is 0 Å². The van der Waals surface area contributed by atoms with Crippen LogP contribution in [0.2, 0.25) is 0 Å². The SMILES string of the molecule is Cc1nc(CNCC2CCCCN2)no1. The summed E-state index contributed by atoms with van der Waals surface area (Å²) in [6.07, 6.45) is 3.90. The number of rotatable bonds is 4. The maximum absolute atomic E-state index is 4.89. The molecule has 0 bridgehead atoms. The average Bonchev–Trinajstić information content (AvgIpc) is 2.66. The molecule has 2 heterocycles. The molecular weight excluding hydrogens is 192 g/mol. The Morgan fingerprint density at radius 3 is 3.13 bits per heavy atom. The lowest BCUT2D eigenvalue weighted by atomic mass is 10.1. The number of aryl methyl sites for hydroxylation is 1. The summed E-state index contributed by atoms with van der Waals surface area (Å²) in [5.74, 6) is 1.37. The van der Waals surface area contributed by atoms with Crippen LogP contribution in [0.15, 0.2) is 4.52 Å². The Morgan fingerprint density at radius 2 is 2.47 bits per heavy atom. The molecule has 84 valence electrons. The fourth-order valence-electron chi connectivity index (χ4n) is 1.87. The average molecular weight is 210 g/mol. The fourth-order valence-corrected chi connectivity index (χ4v) is 1.87. The minimum atomic E-state index is 0.603. The molecule has 0 aromatic carbocycles. The van der Waals surface area contributed by atoms with Crippen molar-refractivity contribution in [2.75, 3.05) is 13.1 Å². The van der Waals surface area contributed by atoms with Crippen LogP contribution in [-0.2, 0) is 6.54 Å². The van der Waals surface area contributed by atoms with Crippen LogP contribution in [0.1, 0.15) is 31.0 Å². The Labute approximate surface area is 89.6 Å². The number of nitrogens with zero attached hydrogens (tertiary/aromatic N) is 2. The maximum atomic E-state index is 4.89. The smallest absolute Gasteiger partial charge is 0.223 e. The van der Waals surface area contributed by atoms with Crippen molar-refractivity contribution in [3.63, 3.8) is 0 Å². The molecule has 5 nitrogen and oxygen atoms in total. The molecule has 2 rings (SSSR count). The van der Waals surface area contributed by atoms with Gasteiger partial charge in [0, 0.05) is 19.5 Å². The number of hydrogen-bond acceptors (Lipinski definition) is 5. The first kappa shape index (κ1) is 10.6. The molecule has 1 saturated heterocycles. The highest BCUT2D eigenvalue weighted by Gasteiger charge is 2.11. The third kappa shape index (κ3) is 3.28. The van der Waals surface area contributed by atoms with Gasteiger partial charge in [0.15, 0.2) is 5.82 Å². The van der Waals surface area contributed by atoms with Crippen LogP contribution in [0.5, 0.6) is 0 Å². The molecule has 1 aromatic heterocycles. The predicted molar refractivity (Wildman–Crippen MR) is 56.4 cm³/mol. The van der Waals surface area contributed by atoms with E-state index < -0.39 is 0 Å². The number of aromatic nitrogens is 2. The Hall–Kier alpha value is -0.940. The third-order valence-corrected chi connectivity index (χ3v) is 2.66. The van der Waals surface area contributed by atoms with Crippen LogP contribution < -0.4 is 10.6 Å². The Balaban J connectivity index is 1.65. The minimum absolute atomic E-state index is 0.603. The van der Waals surface area contributed by atoms with E-state index in [0.717, 1.165) is 18.9 Å². The standard InChI is InChI=1S/C10H18N4O/c1-8-13-10(14-15-8)7-11-6-9-4-2-3-5-12-9/h9,11-12H,2-7H2,1H3. The van der Waals surface area contributed by atoms with Crippen molar-refractivity contribution in [1.82, 2.24) is 20.8 Å². The Bertz CT molecular complexity index is 293. The molecule has 0 radical (unpaired) electrons. The first-order chi connectivity index (χ1) is 7.34. The third-order valence-electron chi connectivity index (χ3n) is 2.66. The summed E-state index contributed by atoms with van der Waals surface area (Å²) in [5.41, 5.74) is 0. The van der Waals surface area contributed by atoms with Gasteiger partial charge in [0.25, 0.3) is 0 Å². The summed E-state index contributed by atoms with van der Waals surface area (Å²) in [7, 11) is 0. The van der Waals surface area contributed by atoms with Crippen LogP contribution in [-0.4, -0.2) is 29.3 Å². The van der Waals surface area contributed by atoms with Gasteiger partial charge in [-0.15, -0.1) is 0 Å². The molecular formula is C10H18N4O. The molecule has 15 heavy (non-hydrogen) atoms. The van der Waals surface area contributed by atoms with Gasteiger partial charge >= 0.3 is 0 Å². The molecule has 1 aromatic rings. The second kappa shape index (κ2) is 5.23. The molecule has 1 aliphatic rings. The van der Waals surface area contributed by atoms with E-state index in [1.54, 1.807) is 6.92 Å². The fraction of sp³-hybridized carbons (Fsp3) is 0.800. The number of hydrogen-bond donors (Lipinski definition) is 2. The largest absolute Gasteiger partial charge is 0.340 e. The summed E-state index contributed by atoms with van der Waals surface area (Å²) >= 11 is 0. The van der Waals surface area contributed by atoms with Crippen molar-refractivity contribution in [2.24, 2.45) is 0 Å². The zero-order chi connectivity index (χ0) is 10.5. The Kier molecular flexibility index (Phi) is 3.69. The highest BCUT2D eigenvalue weighted by atomic mass is 16.5. The van der Waals surface area contributed by atoms with Crippen LogP contribution in [0.4, 0.5) is 0 Å². The molecule has 1 atom stereocenters. The van der Waals surface area contributed by atoms with Crippen molar-refractivity contribution < 1.29 is 4.52 Å². The van der Waals surface area contributed by atoms with Gasteiger partial charge in [-0.3, -0.25) is 0 Å². The molecule has 1 fully saturated rings. The van der Waals surface area contributed by atoms with E-state index >= 15 is 0 Å². The summed E-state index contributed by atoms with van der Waals surface area (Å²) in [6.45, 7) is 4.62. The molecule has 1 aliphatic heterocycles. The summed E-state index contributed by atoms with van der Waals surface area (Å²) in [5, 5.41) is 10.7. The van der Waals surface area contributed by atoms with E-state index in [-0.39, 0.29) is 0 Å². The lowest BCUT2D eigenvalue weighted by Gasteiger charge is -2.23. The number of nitrogens with one attached hydrogen (secondary N) is 2. The molecule has 0 aliphatic carbocycles. The van der Waals surface area contributed by atoms with Crippen LogP contribution in [0.25, 0.3) is 0 Å². The van der Waals surface area contributed by atoms with Crippen molar-refractivity contribution >= 4 is 0 Å². The second-order valence-electron chi connectivity index (χ2n) is 4.01. The molecule has 5 heteroatoms. The lowest BCUT2D eigenvalue weighted by Crippen LogP contribution is -2.41. The van der Waals surface area contributed by atoms with Crippen LogP contribution in [0, 0.1) is 6.92 Å². The first-order valence-electron chi connectivity index (χ1n) is 5.58. The van der Waals surface area contributed by atoms with E-state index in [1.165, 1.54) is 19.3 Å². The first-order valence-corrected chi connectivity index (χ1v) is 5.58. The maximum Gasteiger partial charge on any atom is 0.223 e. The highest BCUT2D eigenvalue weighted by molar-refractivity contribution is 4.84. The molecule has 0 spiro atoms. The normalized spacial score (nSPS) is 21.8.